The van der Waals surface area contributed by atoms with E-state index in [1.165, 1.54) is 12.1 Å². The number of hydrazine groups is 1. The smallest absolute Gasteiger partial charge is 0.416 e. The quantitative estimate of drug-likeness (QED) is 0.450. The lowest BCUT2D eigenvalue weighted by Gasteiger charge is -2.24. The molecule has 0 saturated heterocycles. The minimum absolute atomic E-state index is 0.203. The summed E-state index contributed by atoms with van der Waals surface area (Å²) in [6.07, 6.45) is -6.18. The third-order valence-electron chi connectivity index (χ3n) is 4.12. The zero-order valence-corrected chi connectivity index (χ0v) is 14.5. The van der Waals surface area contributed by atoms with Crippen LogP contribution in [-0.2, 0) is 10.9 Å². The van der Waals surface area contributed by atoms with Crippen molar-refractivity contribution in [2.24, 2.45) is 0 Å². The molecule has 13 heteroatoms. The molecule has 1 aliphatic rings. The molecule has 0 aliphatic carbocycles. The molecule has 0 aromatic heterocycles. The van der Waals surface area contributed by atoms with Crippen LogP contribution >= 0.6 is 0 Å². The van der Waals surface area contributed by atoms with Crippen LogP contribution in [0.3, 0.4) is 0 Å². The van der Waals surface area contributed by atoms with E-state index in [0.717, 1.165) is 12.1 Å². The number of anilines is 1. The summed E-state index contributed by atoms with van der Waals surface area (Å²) < 4.78 is 44.1. The van der Waals surface area contributed by atoms with Gasteiger partial charge in [0, 0.05) is 24.7 Å². The van der Waals surface area contributed by atoms with Crippen LogP contribution in [0.4, 0.5) is 30.2 Å². The molecular formula is C16H11F3N4O6. The normalized spacial score (nSPS) is 15.6. The Labute approximate surface area is 159 Å². The SMILES string of the molecule is CN(N[C@@H]1OC(=O)c2ccccc21)c1c([N+](=O)[O-])cc(C(F)(F)F)cc1[N+](=O)[O-]. The van der Waals surface area contributed by atoms with E-state index in [4.69, 9.17) is 4.74 Å². The summed E-state index contributed by atoms with van der Waals surface area (Å²) in [6.45, 7) is 0. The number of nitrogens with one attached hydrogen (secondary N) is 1. The van der Waals surface area contributed by atoms with Gasteiger partial charge in [-0.2, -0.15) is 18.6 Å². The summed E-state index contributed by atoms with van der Waals surface area (Å²) in [5.74, 6) is -0.692. The molecule has 0 radical (unpaired) electrons. The second-order valence-electron chi connectivity index (χ2n) is 5.94. The second-order valence-corrected chi connectivity index (χ2v) is 5.94. The van der Waals surface area contributed by atoms with Crippen molar-refractivity contribution >= 4 is 23.0 Å². The van der Waals surface area contributed by atoms with E-state index in [2.05, 4.69) is 5.43 Å². The van der Waals surface area contributed by atoms with Crippen molar-refractivity contribution in [2.75, 3.05) is 12.1 Å². The van der Waals surface area contributed by atoms with Gasteiger partial charge in [-0.05, 0) is 6.07 Å². The maximum absolute atomic E-state index is 13.0. The van der Waals surface area contributed by atoms with Gasteiger partial charge in [0.25, 0.3) is 0 Å². The fourth-order valence-electron chi connectivity index (χ4n) is 2.87. The third kappa shape index (κ3) is 3.67. The highest BCUT2D eigenvalue weighted by Gasteiger charge is 2.40. The van der Waals surface area contributed by atoms with Crippen LogP contribution < -0.4 is 10.4 Å². The van der Waals surface area contributed by atoms with Crippen molar-refractivity contribution < 1.29 is 32.5 Å². The molecule has 152 valence electrons. The maximum Gasteiger partial charge on any atom is 0.416 e. The number of alkyl halides is 3. The van der Waals surface area contributed by atoms with E-state index in [0.29, 0.717) is 5.56 Å². The lowest BCUT2D eigenvalue weighted by Crippen LogP contribution is -2.38. The van der Waals surface area contributed by atoms with Crippen molar-refractivity contribution in [2.45, 2.75) is 12.4 Å². The fraction of sp³-hybridized carbons (Fsp3) is 0.188. The molecule has 10 nitrogen and oxygen atoms in total. The Kier molecular flexibility index (Phi) is 4.84. The van der Waals surface area contributed by atoms with Crippen molar-refractivity contribution in [3.05, 3.63) is 73.3 Å². The van der Waals surface area contributed by atoms with Crippen molar-refractivity contribution in [3.63, 3.8) is 0 Å². The number of cyclic esters (lactones) is 1. The monoisotopic (exact) mass is 412 g/mol. The number of fused-ring (bicyclic) bond motifs is 1. The number of hydrogen-bond acceptors (Lipinski definition) is 8. The topological polar surface area (TPSA) is 128 Å². The highest BCUT2D eigenvalue weighted by atomic mass is 19.4. The van der Waals surface area contributed by atoms with Gasteiger partial charge >= 0.3 is 23.5 Å². The summed E-state index contributed by atoms with van der Waals surface area (Å²) in [6, 6.07) is 6.59. The number of nitro benzene ring substituents is 2. The molecular weight excluding hydrogens is 401 g/mol. The number of hydrogen-bond donors (Lipinski definition) is 1. The summed E-state index contributed by atoms with van der Waals surface area (Å²) >= 11 is 0. The number of nitrogens with zero attached hydrogens (tertiary/aromatic N) is 3. The van der Waals surface area contributed by atoms with Crippen LogP contribution in [0.1, 0.15) is 27.7 Å². The number of carbonyl (C=O) groups excluding carboxylic acids is 1. The maximum atomic E-state index is 13.0. The van der Waals surface area contributed by atoms with Gasteiger partial charge in [-0.3, -0.25) is 25.2 Å². The Morgan fingerprint density at radius 3 is 2.17 bits per heavy atom. The van der Waals surface area contributed by atoms with Gasteiger partial charge in [0.2, 0.25) is 5.69 Å². The van der Waals surface area contributed by atoms with Crippen LogP contribution in [0.15, 0.2) is 36.4 Å². The van der Waals surface area contributed by atoms with E-state index in [1.54, 1.807) is 12.1 Å². The zero-order chi connectivity index (χ0) is 21.5. The number of carbonyl (C=O) groups is 1. The highest BCUT2D eigenvalue weighted by molar-refractivity contribution is 5.94. The number of ether oxygens (including phenoxy) is 1. The van der Waals surface area contributed by atoms with Gasteiger partial charge in [-0.1, -0.05) is 18.2 Å². The number of rotatable bonds is 5. The molecule has 0 bridgehead atoms. The molecule has 0 saturated carbocycles. The van der Waals surface area contributed by atoms with Crippen molar-refractivity contribution in [1.82, 2.24) is 5.43 Å². The van der Waals surface area contributed by atoms with E-state index in [1.807, 2.05) is 0 Å². The molecule has 1 heterocycles. The summed E-state index contributed by atoms with van der Waals surface area (Å²) in [5.41, 5.74) is -1.43. The van der Waals surface area contributed by atoms with E-state index in [9.17, 15) is 38.2 Å². The van der Waals surface area contributed by atoms with Gasteiger partial charge in [-0.15, -0.1) is 0 Å². The number of nitro groups is 2. The minimum atomic E-state index is -5.03. The molecule has 0 unspecified atom stereocenters. The van der Waals surface area contributed by atoms with Crippen molar-refractivity contribution in [3.8, 4) is 0 Å². The Morgan fingerprint density at radius 2 is 1.66 bits per heavy atom. The standard InChI is InChI=1S/C16H11F3N4O6/c1-21(20-14-9-4-2-3-5-10(9)15(24)29-14)13-11(22(25)26)6-8(16(17,18)19)7-12(13)23(27)28/h2-7,14,20H,1H3/t14-/m1/s1. The molecule has 2 aromatic rings. The van der Waals surface area contributed by atoms with Crippen LogP contribution in [0.5, 0.6) is 0 Å². The first-order valence-electron chi connectivity index (χ1n) is 7.84. The fourth-order valence-corrected chi connectivity index (χ4v) is 2.87. The highest BCUT2D eigenvalue weighted by Crippen LogP contribution is 2.43. The van der Waals surface area contributed by atoms with Gasteiger partial charge in [0.15, 0.2) is 6.23 Å². The molecule has 2 aromatic carbocycles. The number of esters is 1. The average molecular weight is 412 g/mol. The summed E-state index contributed by atoms with van der Waals surface area (Å²) in [4.78, 5) is 32.2. The lowest BCUT2D eigenvalue weighted by atomic mass is 10.1. The van der Waals surface area contributed by atoms with Gasteiger partial charge < -0.3 is 4.74 Å². The first kappa shape index (κ1) is 20.0. The Bertz CT molecular complexity index is 991. The zero-order valence-electron chi connectivity index (χ0n) is 14.5. The summed E-state index contributed by atoms with van der Waals surface area (Å²) in [7, 11) is 1.12. The van der Waals surface area contributed by atoms with E-state index < -0.39 is 50.8 Å². The van der Waals surface area contributed by atoms with Crippen LogP contribution in [-0.4, -0.2) is 22.9 Å². The Morgan fingerprint density at radius 1 is 1.10 bits per heavy atom. The molecule has 3 rings (SSSR count). The Balaban J connectivity index is 2.07. The molecule has 0 spiro atoms. The second kappa shape index (κ2) is 7.01. The van der Waals surface area contributed by atoms with E-state index in [-0.39, 0.29) is 17.7 Å². The summed E-state index contributed by atoms with van der Waals surface area (Å²) in [5, 5.41) is 23.5. The molecule has 0 amide bonds. The molecule has 1 aliphatic heterocycles. The molecule has 0 fully saturated rings. The van der Waals surface area contributed by atoms with Crippen molar-refractivity contribution in [1.29, 1.82) is 0 Å². The predicted octanol–water partition coefficient (Wildman–Crippen LogP) is 3.33. The largest absolute Gasteiger partial charge is 0.437 e. The van der Waals surface area contributed by atoms with Gasteiger partial charge in [0.05, 0.1) is 21.0 Å². The average Bonchev–Trinajstić information content (AvgIpc) is 2.95. The molecule has 1 atom stereocenters. The van der Waals surface area contributed by atoms with Gasteiger partial charge in [0.1, 0.15) is 0 Å². The van der Waals surface area contributed by atoms with Crippen LogP contribution in [0.25, 0.3) is 0 Å². The van der Waals surface area contributed by atoms with Crippen LogP contribution in [0.2, 0.25) is 0 Å². The van der Waals surface area contributed by atoms with Crippen LogP contribution in [0, 0.1) is 20.2 Å². The predicted molar refractivity (Wildman–Crippen MR) is 90.9 cm³/mol. The minimum Gasteiger partial charge on any atom is -0.437 e. The van der Waals surface area contributed by atoms with E-state index >= 15 is 0 Å². The first-order valence-corrected chi connectivity index (χ1v) is 7.84. The molecule has 29 heavy (non-hydrogen) atoms. The number of benzene rings is 2. The third-order valence-corrected chi connectivity index (χ3v) is 4.12. The number of halogens is 3. The first-order chi connectivity index (χ1) is 13.5. The molecule has 1 N–H and O–H groups in total. The lowest BCUT2D eigenvalue weighted by molar-refractivity contribution is -0.393. The van der Waals surface area contributed by atoms with Gasteiger partial charge in [-0.25, -0.2) is 4.79 Å². The Hall–Kier alpha value is -3.74.